The van der Waals surface area contributed by atoms with Gasteiger partial charge in [-0.2, -0.15) is 0 Å². The Hall–Kier alpha value is -1.70. The Morgan fingerprint density at radius 3 is 2.71 bits per heavy atom. The highest BCUT2D eigenvalue weighted by atomic mass is 79.9. The van der Waals surface area contributed by atoms with Gasteiger partial charge in [0.1, 0.15) is 16.7 Å². The van der Waals surface area contributed by atoms with Gasteiger partial charge in [-0.3, -0.25) is 4.79 Å². The Bertz CT molecular complexity index is 750. The number of ether oxygens (including phenoxy) is 2. The number of halogens is 1. The topological polar surface area (TPSA) is 64.6 Å². The summed E-state index contributed by atoms with van der Waals surface area (Å²) in [6, 6.07) is 7.62. The molecule has 2 heterocycles. The first kappa shape index (κ1) is 17.1. The van der Waals surface area contributed by atoms with E-state index >= 15 is 0 Å². The van der Waals surface area contributed by atoms with E-state index in [9.17, 15) is 9.59 Å². The number of amides is 1. The van der Waals surface area contributed by atoms with Crippen LogP contribution in [-0.2, 0) is 14.3 Å². The molecule has 1 N–H and O–H groups in total. The number of thiophene rings is 1. The average Bonchev–Trinajstić information content (AvgIpc) is 3.24. The minimum Gasteiger partial charge on any atom is -0.465 e. The first-order valence-corrected chi connectivity index (χ1v) is 9.15. The van der Waals surface area contributed by atoms with Crippen molar-refractivity contribution in [3.8, 4) is 11.1 Å². The number of esters is 1. The van der Waals surface area contributed by atoms with Gasteiger partial charge in [0.05, 0.1) is 7.11 Å². The molecule has 0 saturated carbocycles. The molecule has 0 spiro atoms. The fourth-order valence-electron chi connectivity index (χ4n) is 2.57. The van der Waals surface area contributed by atoms with Crippen LogP contribution in [-0.4, -0.2) is 31.7 Å². The fraction of sp³-hybridized carbons (Fsp3) is 0.294. The van der Waals surface area contributed by atoms with Crippen LogP contribution in [0.25, 0.3) is 11.1 Å². The summed E-state index contributed by atoms with van der Waals surface area (Å²) >= 11 is 4.70. The molecule has 1 unspecified atom stereocenters. The first-order valence-electron chi connectivity index (χ1n) is 7.48. The van der Waals surface area contributed by atoms with Crippen molar-refractivity contribution < 1.29 is 19.1 Å². The lowest BCUT2D eigenvalue weighted by molar-refractivity contribution is -0.124. The molecule has 2 aromatic rings. The van der Waals surface area contributed by atoms with Gasteiger partial charge in [-0.15, -0.1) is 11.3 Å². The Labute approximate surface area is 152 Å². The summed E-state index contributed by atoms with van der Waals surface area (Å²) in [5.74, 6) is -0.696. The molecule has 1 aromatic carbocycles. The molecule has 24 heavy (non-hydrogen) atoms. The van der Waals surface area contributed by atoms with Crippen LogP contribution in [0.2, 0.25) is 0 Å². The van der Waals surface area contributed by atoms with Gasteiger partial charge in [0, 0.05) is 22.0 Å². The van der Waals surface area contributed by atoms with Crippen molar-refractivity contribution in [2.45, 2.75) is 18.9 Å². The van der Waals surface area contributed by atoms with E-state index in [1.54, 1.807) is 0 Å². The van der Waals surface area contributed by atoms with Crippen molar-refractivity contribution in [1.29, 1.82) is 0 Å². The number of methoxy groups -OCH3 is 1. The van der Waals surface area contributed by atoms with Crippen molar-refractivity contribution in [3.05, 3.63) is 39.7 Å². The zero-order valence-electron chi connectivity index (χ0n) is 13.0. The second-order valence-corrected chi connectivity index (χ2v) is 7.14. The van der Waals surface area contributed by atoms with Crippen LogP contribution in [0.1, 0.15) is 23.2 Å². The van der Waals surface area contributed by atoms with E-state index in [0.29, 0.717) is 23.6 Å². The Kier molecular flexibility index (Phi) is 5.33. The number of benzene rings is 1. The predicted molar refractivity (Wildman–Crippen MR) is 96.4 cm³/mol. The summed E-state index contributed by atoms with van der Waals surface area (Å²) < 4.78 is 11.2. The molecule has 0 bridgehead atoms. The van der Waals surface area contributed by atoms with Gasteiger partial charge in [-0.25, -0.2) is 4.79 Å². The van der Waals surface area contributed by atoms with Gasteiger partial charge in [0.15, 0.2) is 0 Å². The lowest BCUT2D eigenvalue weighted by Gasteiger charge is -2.11. The fourth-order valence-corrected chi connectivity index (χ4v) is 3.80. The SMILES string of the molecule is COC(=O)c1c(-c2ccc(Br)cc2)csc1NC(=O)C1CCCO1. The second kappa shape index (κ2) is 7.46. The largest absolute Gasteiger partial charge is 0.465 e. The highest BCUT2D eigenvalue weighted by Crippen LogP contribution is 2.37. The normalized spacial score (nSPS) is 16.8. The minimum absolute atomic E-state index is 0.221. The highest BCUT2D eigenvalue weighted by Gasteiger charge is 2.27. The lowest BCUT2D eigenvalue weighted by Crippen LogP contribution is -2.27. The number of carbonyl (C=O) groups excluding carboxylic acids is 2. The molecular formula is C17H16BrNO4S. The van der Waals surface area contributed by atoms with Crippen molar-refractivity contribution in [1.82, 2.24) is 0 Å². The molecule has 1 aliphatic heterocycles. The molecule has 5 nitrogen and oxygen atoms in total. The molecule has 3 rings (SSSR count). The summed E-state index contributed by atoms with van der Waals surface area (Å²) in [7, 11) is 1.33. The van der Waals surface area contributed by atoms with Crippen LogP contribution < -0.4 is 5.32 Å². The monoisotopic (exact) mass is 409 g/mol. The van der Waals surface area contributed by atoms with Crippen molar-refractivity contribution in [3.63, 3.8) is 0 Å². The zero-order valence-corrected chi connectivity index (χ0v) is 15.4. The molecule has 1 amide bonds. The average molecular weight is 410 g/mol. The Morgan fingerprint density at radius 1 is 1.33 bits per heavy atom. The maximum atomic E-state index is 12.3. The van der Waals surface area contributed by atoms with E-state index in [1.165, 1.54) is 18.4 Å². The van der Waals surface area contributed by atoms with Crippen LogP contribution in [0.15, 0.2) is 34.1 Å². The summed E-state index contributed by atoms with van der Waals surface area (Å²) in [4.78, 5) is 24.5. The minimum atomic E-state index is -0.475. The number of hydrogen-bond donors (Lipinski definition) is 1. The number of carbonyl (C=O) groups is 2. The maximum Gasteiger partial charge on any atom is 0.341 e. The first-order chi connectivity index (χ1) is 11.6. The number of anilines is 1. The van der Waals surface area contributed by atoms with Gasteiger partial charge in [-0.05, 0) is 30.5 Å². The van der Waals surface area contributed by atoms with E-state index in [2.05, 4.69) is 21.2 Å². The van der Waals surface area contributed by atoms with Crippen molar-refractivity contribution >= 4 is 44.1 Å². The van der Waals surface area contributed by atoms with Gasteiger partial charge < -0.3 is 14.8 Å². The van der Waals surface area contributed by atoms with E-state index < -0.39 is 12.1 Å². The molecule has 1 atom stereocenters. The zero-order chi connectivity index (χ0) is 17.1. The quantitative estimate of drug-likeness (QED) is 0.772. The molecule has 1 fully saturated rings. The smallest absolute Gasteiger partial charge is 0.341 e. The number of rotatable bonds is 4. The number of hydrogen-bond acceptors (Lipinski definition) is 5. The summed E-state index contributed by atoms with van der Waals surface area (Å²) in [6.07, 6.45) is 1.12. The van der Waals surface area contributed by atoms with E-state index in [4.69, 9.17) is 9.47 Å². The van der Waals surface area contributed by atoms with E-state index in [-0.39, 0.29) is 5.91 Å². The van der Waals surface area contributed by atoms with Gasteiger partial charge in [0.2, 0.25) is 0 Å². The van der Waals surface area contributed by atoms with E-state index in [1.807, 2.05) is 29.6 Å². The molecule has 1 aromatic heterocycles. The van der Waals surface area contributed by atoms with Crippen LogP contribution in [0.4, 0.5) is 5.00 Å². The summed E-state index contributed by atoms with van der Waals surface area (Å²) in [6.45, 7) is 0.594. The van der Waals surface area contributed by atoms with Crippen LogP contribution in [0, 0.1) is 0 Å². The standard InChI is InChI=1S/C17H16BrNO4S/c1-22-17(21)14-12(10-4-6-11(18)7-5-10)9-24-16(14)19-15(20)13-3-2-8-23-13/h4-7,9,13H,2-3,8H2,1H3,(H,19,20). The Balaban J connectivity index is 1.93. The summed E-state index contributed by atoms with van der Waals surface area (Å²) in [5, 5.41) is 5.15. The highest BCUT2D eigenvalue weighted by molar-refractivity contribution is 9.10. The second-order valence-electron chi connectivity index (χ2n) is 5.34. The van der Waals surface area contributed by atoms with Crippen molar-refractivity contribution in [2.24, 2.45) is 0 Å². The molecule has 1 saturated heterocycles. The van der Waals surface area contributed by atoms with Gasteiger partial charge >= 0.3 is 5.97 Å². The third kappa shape index (κ3) is 3.53. The maximum absolute atomic E-state index is 12.3. The lowest BCUT2D eigenvalue weighted by atomic mass is 10.0. The van der Waals surface area contributed by atoms with Crippen LogP contribution >= 0.6 is 27.3 Å². The number of nitrogens with one attached hydrogen (secondary N) is 1. The molecule has 0 aliphatic carbocycles. The molecule has 1 aliphatic rings. The van der Waals surface area contributed by atoms with Crippen LogP contribution in [0.5, 0.6) is 0 Å². The van der Waals surface area contributed by atoms with Crippen molar-refractivity contribution in [2.75, 3.05) is 19.0 Å². The summed E-state index contributed by atoms with van der Waals surface area (Å²) in [5.41, 5.74) is 1.99. The van der Waals surface area contributed by atoms with Gasteiger partial charge in [-0.1, -0.05) is 28.1 Å². The van der Waals surface area contributed by atoms with Crippen LogP contribution in [0.3, 0.4) is 0 Å². The van der Waals surface area contributed by atoms with Gasteiger partial charge in [0.25, 0.3) is 5.91 Å². The molecule has 126 valence electrons. The molecule has 0 radical (unpaired) electrons. The third-order valence-corrected chi connectivity index (χ3v) is 5.22. The predicted octanol–water partition coefficient (Wildman–Crippen LogP) is 4.08. The Morgan fingerprint density at radius 2 is 2.08 bits per heavy atom. The molecule has 7 heteroatoms. The van der Waals surface area contributed by atoms with E-state index in [0.717, 1.165) is 22.0 Å². The third-order valence-electron chi connectivity index (χ3n) is 3.79. The molecular weight excluding hydrogens is 394 g/mol.